The third-order valence-electron chi connectivity index (χ3n) is 2.04. The average molecular weight is 274 g/mol. The molecule has 0 aromatic heterocycles. The van der Waals surface area contributed by atoms with Gasteiger partial charge in [-0.1, -0.05) is 19.1 Å². The van der Waals surface area contributed by atoms with E-state index in [1.54, 1.807) is 23.9 Å². The first-order valence-corrected chi connectivity index (χ1v) is 7.33. The second-order valence-corrected chi connectivity index (χ2v) is 6.24. The fourth-order valence-corrected chi connectivity index (χ4v) is 3.25. The molecule has 5 heteroatoms. The summed E-state index contributed by atoms with van der Waals surface area (Å²) < 4.78 is 13.2. The van der Waals surface area contributed by atoms with Gasteiger partial charge in [0, 0.05) is 21.7 Å². The molecule has 0 bridgehead atoms. The number of carboxylic acid groups (broad SMARTS) is 1. The molecule has 1 aromatic carbocycles. The highest BCUT2D eigenvalue weighted by molar-refractivity contribution is 8.03. The van der Waals surface area contributed by atoms with Crippen molar-refractivity contribution in [1.82, 2.24) is 0 Å². The monoisotopic (exact) mass is 274 g/mol. The zero-order valence-corrected chi connectivity index (χ0v) is 11.2. The molecule has 1 rings (SSSR count). The van der Waals surface area contributed by atoms with E-state index >= 15 is 0 Å². The van der Waals surface area contributed by atoms with Gasteiger partial charge in [0.05, 0.1) is 6.42 Å². The van der Waals surface area contributed by atoms with Crippen molar-refractivity contribution < 1.29 is 14.3 Å². The van der Waals surface area contributed by atoms with Crippen LogP contribution in [0, 0.1) is 5.82 Å². The number of halogens is 1. The van der Waals surface area contributed by atoms with Crippen LogP contribution < -0.4 is 0 Å². The molecule has 0 spiro atoms. The third-order valence-corrected chi connectivity index (χ3v) is 4.53. The molecule has 0 aliphatic rings. The second-order valence-electron chi connectivity index (χ2n) is 3.56. The van der Waals surface area contributed by atoms with Crippen molar-refractivity contribution in [2.24, 2.45) is 0 Å². The lowest BCUT2D eigenvalue weighted by molar-refractivity contribution is -0.136. The quantitative estimate of drug-likeness (QED) is 0.610. The summed E-state index contributed by atoms with van der Waals surface area (Å²) >= 11 is 3.07. The van der Waals surface area contributed by atoms with Crippen molar-refractivity contribution in [3.8, 4) is 0 Å². The number of carboxylic acids is 1. The highest BCUT2D eigenvalue weighted by Crippen LogP contribution is 2.23. The van der Waals surface area contributed by atoms with Crippen molar-refractivity contribution in [3.05, 3.63) is 30.1 Å². The fourth-order valence-electron chi connectivity index (χ4n) is 1.27. The van der Waals surface area contributed by atoms with Crippen LogP contribution in [0.4, 0.5) is 4.39 Å². The van der Waals surface area contributed by atoms with Gasteiger partial charge in [0.1, 0.15) is 5.82 Å². The van der Waals surface area contributed by atoms with Crippen molar-refractivity contribution in [3.63, 3.8) is 0 Å². The van der Waals surface area contributed by atoms with Crippen LogP contribution in [0.5, 0.6) is 0 Å². The van der Waals surface area contributed by atoms with E-state index in [9.17, 15) is 9.18 Å². The Morgan fingerprint density at radius 3 is 2.76 bits per heavy atom. The van der Waals surface area contributed by atoms with E-state index < -0.39 is 5.97 Å². The van der Waals surface area contributed by atoms with Crippen molar-refractivity contribution in [2.75, 3.05) is 11.5 Å². The van der Waals surface area contributed by atoms with Crippen LogP contribution in [0.3, 0.4) is 0 Å². The Labute approximate surface area is 109 Å². The molecule has 1 atom stereocenters. The maximum Gasteiger partial charge on any atom is 0.304 e. The maximum absolute atomic E-state index is 13.2. The Morgan fingerprint density at radius 1 is 1.41 bits per heavy atom. The summed E-state index contributed by atoms with van der Waals surface area (Å²) in [5.74, 6) is 0.649. The number of aliphatic carboxylic acids is 1. The molecular formula is C12H15FO2S2. The topological polar surface area (TPSA) is 37.3 Å². The number of benzene rings is 1. The highest BCUT2D eigenvalue weighted by Gasteiger charge is 2.08. The van der Waals surface area contributed by atoms with Crippen molar-refractivity contribution >= 4 is 29.5 Å². The van der Waals surface area contributed by atoms with Gasteiger partial charge in [-0.2, -0.15) is 11.8 Å². The maximum atomic E-state index is 13.2. The van der Waals surface area contributed by atoms with Gasteiger partial charge in [-0.3, -0.25) is 4.79 Å². The summed E-state index contributed by atoms with van der Waals surface area (Å²) in [5.41, 5.74) is 0. The molecule has 0 aliphatic carbocycles. The largest absolute Gasteiger partial charge is 0.481 e. The molecule has 17 heavy (non-hydrogen) atoms. The molecule has 0 aliphatic heterocycles. The second kappa shape index (κ2) is 7.61. The Hall–Kier alpha value is -0.680. The lowest BCUT2D eigenvalue weighted by Gasteiger charge is -2.08. The first kappa shape index (κ1) is 14.4. The number of carbonyl (C=O) groups is 1. The molecule has 1 N–H and O–H groups in total. The third kappa shape index (κ3) is 5.98. The Bertz CT molecular complexity index is 371. The van der Waals surface area contributed by atoms with Crippen LogP contribution in [-0.4, -0.2) is 27.8 Å². The van der Waals surface area contributed by atoms with Gasteiger partial charge in [0.15, 0.2) is 0 Å². The van der Waals surface area contributed by atoms with Gasteiger partial charge in [0.2, 0.25) is 0 Å². The predicted molar refractivity (Wildman–Crippen MR) is 71.3 cm³/mol. The van der Waals surface area contributed by atoms with E-state index in [2.05, 4.69) is 0 Å². The molecule has 1 unspecified atom stereocenters. The molecule has 94 valence electrons. The molecule has 0 saturated heterocycles. The predicted octanol–water partition coefficient (Wildman–Crippen LogP) is 3.51. The van der Waals surface area contributed by atoms with E-state index in [1.165, 1.54) is 17.8 Å². The molecule has 0 fully saturated rings. The molecule has 0 saturated carbocycles. The summed E-state index contributed by atoms with van der Waals surface area (Å²) in [6.45, 7) is 1.90. The van der Waals surface area contributed by atoms with Crippen molar-refractivity contribution in [2.45, 2.75) is 23.5 Å². The Kier molecular flexibility index (Phi) is 6.44. The number of thioether (sulfide) groups is 2. The van der Waals surface area contributed by atoms with Crippen LogP contribution in [-0.2, 0) is 4.79 Å². The minimum Gasteiger partial charge on any atom is -0.481 e. The number of hydrogen-bond donors (Lipinski definition) is 1. The Morgan fingerprint density at radius 2 is 2.12 bits per heavy atom. The summed E-state index contributed by atoms with van der Waals surface area (Å²) in [6, 6.07) is 6.68. The smallest absolute Gasteiger partial charge is 0.304 e. The normalized spacial score (nSPS) is 12.4. The van der Waals surface area contributed by atoms with Crippen LogP contribution >= 0.6 is 23.5 Å². The van der Waals surface area contributed by atoms with Gasteiger partial charge in [-0.05, 0) is 12.1 Å². The lowest BCUT2D eigenvalue weighted by atomic mass is 10.3. The first-order valence-electron chi connectivity index (χ1n) is 5.30. The summed E-state index contributed by atoms with van der Waals surface area (Å²) in [6.07, 6.45) is 0.176. The fraction of sp³-hybridized carbons (Fsp3) is 0.417. The van der Waals surface area contributed by atoms with E-state index in [0.29, 0.717) is 4.90 Å². The minimum absolute atomic E-state index is 0.105. The van der Waals surface area contributed by atoms with Crippen LogP contribution in [0.1, 0.15) is 13.3 Å². The zero-order chi connectivity index (χ0) is 12.7. The summed E-state index contributed by atoms with van der Waals surface area (Å²) in [7, 11) is 0. The summed E-state index contributed by atoms with van der Waals surface area (Å²) in [5, 5.41) is 8.69. The molecule has 2 nitrogen and oxygen atoms in total. The van der Waals surface area contributed by atoms with Crippen LogP contribution in [0.25, 0.3) is 0 Å². The van der Waals surface area contributed by atoms with Gasteiger partial charge in [0.25, 0.3) is 0 Å². The first-order chi connectivity index (χ1) is 8.09. The molecule has 0 radical (unpaired) electrons. The van der Waals surface area contributed by atoms with Gasteiger partial charge in [-0.25, -0.2) is 4.39 Å². The zero-order valence-electron chi connectivity index (χ0n) is 9.56. The average Bonchev–Trinajstić information content (AvgIpc) is 2.25. The number of rotatable bonds is 7. The van der Waals surface area contributed by atoms with E-state index in [-0.39, 0.29) is 17.5 Å². The lowest BCUT2D eigenvalue weighted by Crippen LogP contribution is -2.06. The molecule has 0 heterocycles. The summed E-state index contributed by atoms with van der Waals surface area (Å²) in [4.78, 5) is 11.1. The highest BCUT2D eigenvalue weighted by atomic mass is 32.2. The van der Waals surface area contributed by atoms with Crippen molar-refractivity contribution in [1.29, 1.82) is 0 Å². The van der Waals surface area contributed by atoms with Crippen LogP contribution in [0.2, 0.25) is 0 Å². The van der Waals surface area contributed by atoms with Gasteiger partial charge in [-0.15, -0.1) is 11.8 Å². The number of hydrogen-bond acceptors (Lipinski definition) is 3. The molecular weight excluding hydrogens is 259 g/mol. The van der Waals surface area contributed by atoms with E-state index in [4.69, 9.17) is 5.11 Å². The molecule has 0 amide bonds. The van der Waals surface area contributed by atoms with Gasteiger partial charge >= 0.3 is 5.97 Å². The van der Waals surface area contributed by atoms with Gasteiger partial charge < -0.3 is 5.11 Å². The van der Waals surface area contributed by atoms with E-state index in [0.717, 1.165) is 11.5 Å². The standard InChI is InChI=1S/C12H15FO2S2/c1-9(8-12(14)15)16-6-7-17-11-5-3-2-4-10(11)13/h2-5,9H,6-8H2,1H3,(H,14,15). The molecule has 1 aromatic rings. The minimum atomic E-state index is -0.772. The van der Waals surface area contributed by atoms with Crippen LogP contribution in [0.15, 0.2) is 29.2 Å². The van der Waals surface area contributed by atoms with E-state index in [1.807, 2.05) is 13.0 Å². The Balaban J connectivity index is 2.20. The SMILES string of the molecule is CC(CC(=O)O)SCCSc1ccccc1F.